The molecule has 1 aliphatic rings. The summed E-state index contributed by atoms with van der Waals surface area (Å²) in [5.74, 6) is 0.0868. The number of rotatable bonds is 6. The van der Waals surface area contributed by atoms with Gasteiger partial charge in [-0.3, -0.25) is 10.1 Å². The summed E-state index contributed by atoms with van der Waals surface area (Å²) in [4.78, 5) is 18.5. The molecule has 0 unspecified atom stereocenters. The Morgan fingerprint density at radius 3 is 2.82 bits per heavy atom. The molecule has 0 atom stereocenters. The van der Waals surface area contributed by atoms with E-state index in [1.165, 1.54) is 6.07 Å². The molecular formula is C14H14FN5O2. The van der Waals surface area contributed by atoms with Crippen LogP contribution in [0.15, 0.2) is 30.5 Å². The normalized spacial score (nSPS) is 13.7. The molecule has 0 bridgehead atoms. The van der Waals surface area contributed by atoms with Crippen LogP contribution in [-0.4, -0.2) is 20.9 Å². The van der Waals surface area contributed by atoms with E-state index in [4.69, 9.17) is 0 Å². The van der Waals surface area contributed by atoms with Crippen LogP contribution in [0.25, 0.3) is 0 Å². The molecule has 0 aliphatic heterocycles. The van der Waals surface area contributed by atoms with Gasteiger partial charge in [-0.05, 0) is 18.9 Å². The summed E-state index contributed by atoms with van der Waals surface area (Å²) in [5, 5.41) is 16.9. The van der Waals surface area contributed by atoms with Crippen LogP contribution >= 0.6 is 0 Å². The second-order valence-electron chi connectivity index (χ2n) is 5.05. The van der Waals surface area contributed by atoms with Gasteiger partial charge in [0.25, 0.3) is 0 Å². The summed E-state index contributed by atoms with van der Waals surface area (Å²) < 4.78 is 13.5. The SMILES string of the molecule is O=[N+]([O-])c1cnc(NCc2ccccc2F)nc1NC1CC1. The van der Waals surface area contributed by atoms with Gasteiger partial charge in [-0.2, -0.15) is 4.98 Å². The van der Waals surface area contributed by atoms with Gasteiger partial charge in [-0.1, -0.05) is 18.2 Å². The molecule has 0 saturated heterocycles. The average molecular weight is 303 g/mol. The van der Waals surface area contributed by atoms with E-state index in [-0.39, 0.29) is 35.9 Å². The number of aromatic nitrogens is 2. The summed E-state index contributed by atoms with van der Waals surface area (Å²) >= 11 is 0. The first kappa shape index (κ1) is 14.2. The number of nitrogens with zero attached hydrogens (tertiary/aromatic N) is 3. The Morgan fingerprint density at radius 1 is 1.36 bits per heavy atom. The smallest absolute Gasteiger partial charge is 0.329 e. The van der Waals surface area contributed by atoms with E-state index in [1.54, 1.807) is 18.2 Å². The maximum Gasteiger partial charge on any atom is 0.329 e. The van der Waals surface area contributed by atoms with Crippen LogP contribution < -0.4 is 10.6 Å². The Kier molecular flexibility index (Phi) is 3.82. The van der Waals surface area contributed by atoms with Gasteiger partial charge in [0.15, 0.2) is 0 Å². The maximum absolute atomic E-state index is 13.5. The molecule has 3 rings (SSSR count). The third kappa shape index (κ3) is 3.27. The van der Waals surface area contributed by atoms with Crippen LogP contribution in [-0.2, 0) is 6.54 Å². The second kappa shape index (κ2) is 5.92. The van der Waals surface area contributed by atoms with Gasteiger partial charge in [0, 0.05) is 18.2 Å². The minimum Gasteiger partial charge on any atom is -0.361 e. The molecule has 0 spiro atoms. The Hall–Kier alpha value is -2.77. The standard InChI is InChI=1S/C14H14FN5O2/c15-11-4-2-1-3-9(11)7-16-14-17-8-12(20(21)22)13(19-14)18-10-5-6-10/h1-4,8,10H,5-7H2,(H2,16,17,18,19). The first-order valence-electron chi connectivity index (χ1n) is 6.89. The molecule has 0 amide bonds. The molecule has 1 fully saturated rings. The van der Waals surface area contributed by atoms with Gasteiger partial charge in [-0.15, -0.1) is 0 Å². The van der Waals surface area contributed by atoms with E-state index in [9.17, 15) is 14.5 Å². The Morgan fingerprint density at radius 2 is 2.14 bits per heavy atom. The number of hydrogen-bond donors (Lipinski definition) is 2. The lowest BCUT2D eigenvalue weighted by atomic mass is 10.2. The van der Waals surface area contributed by atoms with Crippen LogP contribution in [0.5, 0.6) is 0 Å². The van der Waals surface area contributed by atoms with Crippen LogP contribution in [0.1, 0.15) is 18.4 Å². The monoisotopic (exact) mass is 303 g/mol. The molecule has 22 heavy (non-hydrogen) atoms. The van der Waals surface area contributed by atoms with Crippen LogP contribution in [0.4, 0.5) is 21.8 Å². The fraction of sp³-hybridized carbons (Fsp3) is 0.286. The largest absolute Gasteiger partial charge is 0.361 e. The van der Waals surface area contributed by atoms with Gasteiger partial charge in [0.1, 0.15) is 12.0 Å². The molecule has 1 aromatic carbocycles. The highest BCUT2D eigenvalue weighted by Gasteiger charge is 2.26. The molecule has 1 aromatic heterocycles. The lowest BCUT2D eigenvalue weighted by Crippen LogP contribution is -2.10. The van der Waals surface area contributed by atoms with Crippen molar-refractivity contribution in [1.29, 1.82) is 0 Å². The van der Waals surface area contributed by atoms with E-state index in [0.717, 1.165) is 19.0 Å². The number of hydrogen-bond acceptors (Lipinski definition) is 6. The number of halogens is 1. The minimum absolute atomic E-state index is 0.164. The third-order valence-corrected chi connectivity index (χ3v) is 3.28. The molecule has 1 heterocycles. The summed E-state index contributed by atoms with van der Waals surface area (Å²) in [5.41, 5.74) is 0.310. The molecular weight excluding hydrogens is 289 g/mol. The molecule has 7 nitrogen and oxygen atoms in total. The Labute approximate surface area is 125 Å². The van der Waals surface area contributed by atoms with E-state index in [2.05, 4.69) is 20.6 Å². The summed E-state index contributed by atoms with van der Waals surface area (Å²) in [6, 6.07) is 6.59. The van der Waals surface area contributed by atoms with Crippen molar-refractivity contribution in [2.24, 2.45) is 0 Å². The Bertz CT molecular complexity index is 705. The fourth-order valence-electron chi connectivity index (χ4n) is 1.94. The van der Waals surface area contributed by atoms with E-state index >= 15 is 0 Å². The van der Waals surface area contributed by atoms with Crippen LogP contribution in [0.2, 0.25) is 0 Å². The van der Waals surface area contributed by atoms with Crippen molar-refractivity contribution >= 4 is 17.5 Å². The van der Waals surface area contributed by atoms with Crippen molar-refractivity contribution < 1.29 is 9.31 Å². The van der Waals surface area contributed by atoms with Gasteiger partial charge in [0.05, 0.1) is 4.92 Å². The zero-order valence-corrected chi connectivity index (χ0v) is 11.6. The zero-order valence-electron chi connectivity index (χ0n) is 11.6. The van der Waals surface area contributed by atoms with Crippen molar-refractivity contribution in [1.82, 2.24) is 9.97 Å². The summed E-state index contributed by atoms with van der Waals surface area (Å²) in [6.07, 6.45) is 3.10. The van der Waals surface area contributed by atoms with Gasteiger partial charge in [-0.25, -0.2) is 9.37 Å². The molecule has 2 N–H and O–H groups in total. The number of nitrogens with one attached hydrogen (secondary N) is 2. The minimum atomic E-state index is -0.522. The average Bonchev–Trinajstić information content (AvgIpc) is 3.30. The quantitative estimate of drug-likeness (QED) is 0.629. The lowest BCUT2D eigenvalue weighted by Gasteiger charge is -2.08. The predicted molar refractivity (Wildman–Crippen MR) is 79.1 cm³/mol. The fourth-order valence-corrected chi connectivity index (χ4v) is 1.94. The van der Waals surface area contributed by atoms with Crippen LogP contribution in [0, 0.1) is 15.9 Å². The maximum atomic E-state index is 13.5. The van der Waals surface area contributed by atoms with E-state index in [1.807, 2.05) is 0 Å². The molecule has 114 valence electrons. The third-order valence-electron chi connectivity index (χ3n) is 3.28. The summed E-state index contributed by atoms with van der Waals surface area (Å²) in [7, 11) is 0. The van der Waals surface area contributed by atoms with Gasteiger partial charge >= 0.3 is 5.69 Å². The molecule has 8 heteroatoms. The van der Waals surface area contributed by atoms with Crippen molar-refractivity contribution in [2.75, 3.05) is 10.6 Å². The highest BCUT2D eigenvalue weighted by molar-refractivity contribution is 5.58. The highest BCUT2D eigenvalue weighted by atomic mass is 19.1. The predicted octanol–water partition coefficient (Wildman–Crippen LogP) is 2.71. The van der Waals surface area contributed by atoms with Crippen molar-refractivity contribution in [3.05, 3.63) is 52.0 Å². The first-order chi connectivity index (χ1) is 10.6. The van der Waals surface area contributed by atoms with Crippen molar-refractivity contribution in [3.63, 3.8) is 0 Å². The second-order valence-corrected chi connectivity index (χ2v) is 5.05. The summed E-state index contributed by atoms with van der Waals surface area (Å²) in [6.45, 7) is 0.202. The molecule has 1 saturated carbocycles. The van der Waals surface area contributed by atoms with E-state index in [0.29, 0.717) is 5.56 Å². The number of nitro groups is 1. The molecule has 2 aromatic rings. The number of benzene rings is 1. The van der Waals surface area contributed by atoms with Crippen molar-refractivity contribution in [3.8, 4) is 0 Å². The van der Waals surface area contributed by atoms with E-state index < -0.39 is 4.92 Å². The zero-order chi connectivity index (χ0) is 15.5. The molecule has 0 radical (unpaired) electrons. The van der Waals surface area contributed by atoms with Crippen molar-refractivity contribution in [2.45, 2.75) is 25.4 Å². The first-order valence-corrected chi connectivity index (χ1v) is 6.89. The lowest BCUT2D eigenvalue weighted by molar-refractivity contribution is -0.384. The highest BCUT2D eigenvalue weighted by Crippen LogP contribution is 2.29. The number of anilines is 2. The Balaban J connectivity index is 1.76. The topological polar surface area (TPSA) is 93.0 Å². The molecule has 1 aliphatic carbocycles. The van der Waals surface area contributed by atoms with Gasteiger partial charge in [0.2, 0.25) is 11.8 Å². The van der Waals surface area contributed by atoms with Crippen LogP contribution in [0.3, 0.4) is 0 Å². The van der Waals surface area contributed by atoms with Gasteiger partial charge < -0.3 is 10.6 Å².